The van der Waals surface area contributed by atoms with E-state index in [-0.39, 0.29) is 23.7 Å². The van der Waals surface area contributed by atoms with E-state index in [9.17, 15) is 9.59 Å². The molecule has 118 valence electrons. The van der Waals surface area contributed by atoms with Crippen molar-refractivity contribution >= 4 is 29.3 Å². The summed E-state index contributed by atoms with van der Waals surface area (Å²) < 4.78 is 7.86. The monoisotopic (exact) mass is 325 g/mol. The van der Waals surface area contributed by atoms with Crippen molar-refractivity contribution in [3.05, 3.63) is 28.7 Å². The van der Waals surface area contributed by atoms with Crippen LogP contribution in [0.3, 0.4) is 0 Å². The Morgan fingerprint density at radius 3 is 2.64 bits per heavy atom. The average Bonchev–Trinajstić information content (AvgIpc) is 3.03. The van der Waals surface area contributed by atoms with Crippen LogP contribution in [0.2, 0.25) is 5.15 Å². The van der Waals surface area contributed by atoms with Gasteiger partial charge in [0.05, 0.1) is 6.61 Å². The molecule has 2 heterocycles. The molecule has 2 aromatic rings. The maximum atomic E-state index is 12.2. The third kappa shape index (κ3) is 3.28. The van der Waals surface area contributed by atoms with Crippen molar-refractivity contribution in [2.24, 2.45) is 7.05 Å². The zero-order valence-corrected chi connectivity index (χ0v) is 13.2. The molecule has 9 heteroatoms. The van der Waals surface area contributed by atoms with Crippen molar-refractivity contribution in [3.8, 4) is 0 Å². The highest BCUT2D eigenvalue weighted by Gasteiger charge is 2.21. The highest BCUT2D eigenvalue weighted by Crippen LogP contribution is 2.17. The molecule has 0 saturated carbocycles. The number of aryl methyl sites for hydroxylation is 2. The first-order valence-corrected chi connectivity index (χ1v) is 7.09. The van der Waals surface area contributed by atoms with Crippen LogP contribution in [-0.2, 0) is 18.3 Å². The molecule has 2 rings (SSSR count). The second kappa shape index (κ2) is 6.61. The fraction of sp³-hybridized carbons (Fsp3) is 0.385. The number of rotatable bonds is 5. The van der Waals surface area contributed by atoms with Gasteiger partial charge in [0.25, 0.3) is 5.91 Å². The summed E-state index contributed by atoms with van der Waals surface area (Å²) in [6, 6.07) is 1.43. The third-order valence-corrected chi connectivity index (χ3v) is 3.22. The maximum Gasteiger partial charge on any atom is 0.343 e. The summed E-state index contributed by atoms with van der Waals surface area (Å²) in [5, 5.41) is 11.0. The van der Waals surface area contributed by atoms with Crippen molar-refractivity contribution in [3.63, 3.8) is 0 Å². The van der Waals surface area contributed by atoms with Gasteiger partial charge in [0.1, 0.15) is 10.7 Å². The predicted octanol–water partition coefficient (Wildman–Crippen LogP) is 1.72. The summed E-state index contributed by atoms with van der Waals surface area (Å²) in [5.41, 5.74) is 0.326. The predicted molar refractivity (Wildman–Crippen MR) is 80.0 cm³/mol. The molecule has 2 aromatic heterocycles. The second-order valence-electron chi connectivity index (χ2n) is 4.40. The summed E-state index contributed by atoms with van der Waals surface area (Å²) in [7, 11) is 1.62. The van der Waals surface area contributed by atoms with Crippen LogP contribution < -0.4 is 5.32 Å². The van der Waals surface area contributed by atoms with Crippen LogP contribution in [0.15, 0.2) is 12.3 Å². The Kier molecular flexibility index (Phi) is 4.81. The molecule has 0 atom stereocenters. The van der Waals surface area contributed by atoms with Crippen molar-refractivity contribution in [2.45, 2.75) is 20.4 Å². The fourth-order valence-corrected chi connectivity index (χ4v) is 1.90. The molecule has 0 fully saturated rings. The number of hydrogen-bond acceptors (Lipinski definition) is 5. The van der Waals surface area contributed by atoms with Gasteiger partial charge in [0.2, 0.25) is 0 Å². The van der Waals surface area contributed by atoms with Crippen LogP contribution in [0.4, 0.5) is 5.82 Å². The molecule has 0 aliphatic rings. The van der Waals surface area contributed by atoms with E-state index in [1.54, 1.807) is 14.0 Å². The first-order valence-electron chi connectivity index (χ1n) is 6.71. The number of ether oxygens (including phenoxy) is 1. The van der Waals surface area contributed by atoms with E-state index in [0.717, 1.165) is 0 Å². The molecule has 0 saturated heterocycles. The largest absolute Gasteiger partial charge is 0.462 e. The average molecular weight is 326 g/mol. The highest BCUT2D eigenvalue weighted by molar-refractivity contribution is 6.30. The van der Waals surface area contributed by atoms with Crippen LogP contribution in [-0.4, -0.2) is 38.0 Å². The van der Waals surface area contributed by atoms with Crippen LogP contribution >= 0.6 is 11.6 Å². The van der Waals surface area contributed by atoms with Gasteiger partial charge in [-0.25, -0.2) is 4.79 Å². The highest BCUT2D eigenvalue weighted by atomic mass is 35.5. The fourth-order valence-electron chi connectivity index (χ4n) is 1.76. The van der Waals surface area contributed by atoms with Gasteiger partial charge in [-0.05, 0) is 13.8 Å². The molecule has 0 radical (unpaired) electrons. The second-order valence-corrected chi connectivity index (χ2v) is 4.78. The van der Waals surface area contributed by atoms with E-state index in [2.05, 4.69) is 15.5 Å². The minimum Gasteiger partial charge on any atom is -0.462 e. The minimum atomic E-state index is -0.545. The number of aromatic nitrogens is 4. The Labute approximate surface area is 132 Å². The lowest BCUT2D eigenvalue weighted by molar-refractivity contribution is 0.0527. The molecule has 1 N–H and O–H groups in total. The molecule has 0 aromatic carbocycles. The Bertz CT molecular complexity index is 687. The Morgan fingerprint density at radius 2 is 2.09 bits per heavy atom. The van der Waals surface area contributed by atoms with Crippen molar-refractivity contribution in [1.29, 1.82) is 0 Å². The lowest BCUT2D eigenvalue weighted by Gasteiger charge is -2.03. The van der Waals surface area contributed by atoms with Gasteiger partial charge in [-0.3, -0.25) is 14.2 Å². The van der Waals surface area contributed by atoms with Crippen LogP contribution in [0.25, 0.3) is 0 Å². The Hall–Kier alpha value is -2.35. The molecule has 22 heavy (non-hydrogen) atoms. The number of esters is 1. The normalized spacial score (nSPS) is 10.5. The van der Waals surface area contributed by atoms with Gasteiger partial charge >= 0.3 is 5.97 Å². The third-order valence-electron chi connectivity index (χ3n) is 2.87. The van der Waals surface area contributed by atoms with E-state index in [0.29, 0.717) is 11.7 Å². The van der Waals surface area contributed by atoms with E-state index >= 15 is 0 Å². The molecule has 0 aliphatic heterocycles. The first-order chi connectivity index (χ1) is 10.5. The van der Waals surface area contributed by atoms with Gasteiger partial charge in [-0.2, -0.15) is 10.2 Å². The Balaban J connectivity index is 2.26. The lowest BCUT2D eigenvalue weighted by Crippen LogP contribution is -2.16. The van der Waals surface area contributed by atoms with Gasteiger partial charge in [-0.15, -0.1) is 0 Å². The van der Waals surface area contributed by atoms with Crippen LogP contribution in [0, 0.1) is 0 Å². The van der Waals surface area contributed by atoms with Crippen molar-refractivity contribution < 1.29 is 14.3 Å². The molecule has 0 aliphatic carbocycles. The van der Waals surface area contributed by atoms with E-state index in [1.807, 2.05) is 6.92 Å². The van der Waals surface area contributed by atoms with E-state index in [4.69, 9.17) is 16.3 Å². The molecule has 0 bridgehead atoms. The van der Waals surface area contributed by atoms with Gasteiger partial charge in [0, 0.05) is 25.9 Å². The summed E-state index contributed by atoms with van der Waals surface area (Å²) in [6.45, 7) is 4.36. The molecule has 8 nitrogen and oxygen atoms in total. The number of hydrogen-bond donors (Lipinski definition) is 1. The number of nitrogens with one attached hydrogen (secondary N) is 1. The van der Waals surface area contributed by atoms with Crippen molar-refractivity contribution in [1.82, 2.24) is 19.6 Å². The first kappa shape index (κ1) is 16.0. The van der Waals surface area contributed by atoms with E-state index in [1.165, 1.54) is 21.6 Å². The molecule has 1 amide bonds. The number of nitrogens with zero attached hydrogens (tertiary/aromatic N) is 4. The molecule has 0 spiro atoms. The molecule has 0 unspecified atom stereocenters. The number of carbonyl (C=O) groups is 2. The van der Waals surface area contributed by atoms with E-state index < -0.39 is 11.9 Å². The number of carbonyl (C=O) groups excluding carboxylic acids is 2. The van der Waals surface area contributed by atoms with Gasteiger partial charge in [-0.1, -0.05) is 11.6 Å². The molecular formula is C13H16ClN5O3. The van der Waals surface area contributed by atoms with Crippen LogP contribution in [0.1, 0.15) is 34.7 Å². The zero-order chi connectivity index (χ0) is 16.3. The molecular weight excluding hydrogens is 310 g/mol. The smallest absolute Gasteiger partial charge is 0.343 e. The topological polar surface area (TPSA) is 91.0 Å². The van der Waals surface area contributed by atoms with Gasteiger partial charge < -0.3 is 10.1 Å². The Morgan fingerprint density at radius 1 is 1.36 bits per heavy atom. The number of anilines is 1. The zero-order valence-electron chi connectivity index (χ0n) is 12.5. The summed E-state index contributed by atoms with van der Waals surface area (Å²) in [5.74, 6) is -0.918. The summed E-state index contributed by atoms with van der Waals surface area (Å²) in [6.07, 6.45) is 1.53. The maximum absolute atomic E-state index is 12.2. The van der Waals surface area contributed by atoms with Gasteiger partial charge in [0.15, 0.2) is 11.5 Å². The minimum absolute atomic E-state index is 0.132. The quantitative estimate of drug-likeness (QED) is 0.845. The summed E-state index contributed by atoms with van der Waals surface area (Å²) in [4.78, 5) is 24.1. The number of amides is 1. The SMILES string of the molecule is CCOC(=O)c1cn(CC)nc1NC(=O)c1cc(Cl)n(C)n1. The summed E-state index contributed by atoms with van der Waals surface area (Å²) >= 11 is 5.85. The lowest BCUT2D eigenvalue weighted by atomic mass is 10.3. The van der Waals surface area contributed by atoms with Crippen molar-refractivity contribution in [2.75, 3.05) is 11.9 Å². The number of halogens is 1. The standard InChI is InChI=1S/C13H16ClN5O3/c1-4-19-7-8(13(21)22-5-2)11(17-19)15-12(20)9-6-10(14)18(3)16-9/h6-7H,4-5H2,1-3H3,(H,15,17,20). The van der Waals surface area contributed by atoms with Crippen LogP contribution in [0.5, 0.6) is 0 Å².